The number of nitrogens with zero attached hydrogens (tertiary/aromatic N) is 1. The Labute approximate surface area is 90.1 Å². The first-order valence-corrected chi connectivity index (χ1v) is 4.53. The molecule has 0 spiro atoms. The number of rotatable bonds is 5. The molecule has 0 bridgehead atoms. The third-order valence-corrected chi connectivity index (χ3v) is 1.89. The summed E-state index contributed by atoms with van der Waals surface area (Å²) in [6.45, 7) is 5.25. The molecule has 0 aliphatic heterocycles. The highest BCUT2D eigenvalue weighted by molar-refractivity contribution is 5.83. The van der Waals surface area contributed by atoms with Crippen molar-refractivity contribution in [3.63, 3.8) is 0 Å². The van der Waals surface area contributed by atoms with Gasteiger partial charge in [-0.05, 0) is 12.5 Å². The van der Waals surface area contributed by atoms with E-state index >= 15 is 0 Å². The van der Waals surface area contributed by atoms with Gasteiger partial charge in [-0.15, -0.1) is 0 Å². The second kappa shape index (κ2) is 6.98. The predicted octanol–water partition coefficient (Wildman–Crippen LogP) is 1.06. The summed E-state index contributed by atoms with van der Waals surface area (Å²) in [7, 11) is 2.80. The zero-order valence-corrected chi connectivity index (χ0v) is 9.30. The second-order valence-electron chi connectivity index (χ2n) is 2.80. The van der Waals surface area contributed by atoms with E-state index in [1.54, 1.807) is 31.2 Å². The molecule has 1 unspecified atom stereocenters. The molecule has 4 nitrogen and oxygen atoms in total. The van der Waals surface area contributed by atoms with Crippen LogP contribution in [0.4, 0.5) is 0 Å². The molecule has 0 fully saturated rings. The molecule has 0 aliphatic carbocycles. The fourth-order valence-electron chi connectivity index (χ4n) is 0.929. The van der Waals surface area contributed by atoms with Crippen LogP contribution in [0.25, 0.3) is 0 Å². The van der Waals surface area contributed by atoms with Crippen molar-refractivity contribution in [1.29, 1.82) is 0 Å². The number of hydroxylamine groups is 2. The van der Waals surface area contributed by atoms with Crippen molar-refractivity contribution < 1.29 is 14.7 Å². The molecule has 0 aromatic carbocycles. The van der Waals surface area contributed by atoms with E-state index in [-0.39, 0.29) is 0 Å². The average molecular weight is 211 g/mol. The van der Waals surface area contributed by atoms with Crippen LogP contribution in [0.2, 0.25) is 0 Å². The smallest absolute Gasteiger partial charge is 0.279 e. The fraction of sp³-hybridized carbons (Fsp3) is 0.364. The Morgan fingerprint density at radius 3 is 2.60 bits per heavy atom. The van der Waals surface area contributed by atoms with Crippen LogP contribution < -0.4 is 0 Å². The van der Waals surface area contributed by atoms with Crippen molar-refractivity contribution in [3.05, 3.63) is 36.5 Å². The van der Waals surface area contributed by atoms with Crippen molar-refractivity contribution in [2.75, 3.05) is 14.2 Å². The molecule has 0 saturated heterocycles. The molecule has 84 valence electrons. The Kier molecular flexibility index (Phi) is 6.33. The van der Waals surface area contributed by atoms with Crippen molar-refractivity contribution in [2.24, 2.45) is 0 Å². The maximum Gasteiger partial charge on any atom is 0.279 e. The van der Waals surface area contributed by atoms with Crippen LogP contribution in [0.5, 0.6) is 0 Å². The first-order chi connectivity index (χ1) is 7.08. The summed E-state index contributed by atoms with van der Waals surface area (Å²) >= 11 is 0. The highest BCUT2D eigenvalue weighted by atomic mass is 16.7. The monoisotopic (exact) mass is 211 g/mol. The van der Waals surface area contributed by atoms with Crippen LogP contribution in [-0.4, -0.2) is 36.3 Å². The van der Waals surface area contributed by atoms with Crippen LogP contribution in [0.15, 0.2) is 36.5 Å². The molecule has 4 heteroatoms. The lowest BCUT2D eigenvalue weighted by atomic mass is 10.1. The van der Waals surface area contributed by atoms with E-state index in [1.165, 1.54) is 14.2 Å². The summed E-state index contributed by atoms with van der Waals surface area (Å²) in [5.41, 5.74) is 0.504. The van der Waals surface area contributed by atoms with Gasteiger partial charge >= 0.3 is 0 Å². The molecule has 0 aliphatic rings. The lowest BCUT2D eigenvalue weighted by Gasteiger charge is -2.18. The van der Waals surface area contributed by atoms with E-state index in [4.69, 9.17) is 0 Å². The SMILES string of the molecule is C=C/C=C\C(=C/C)C(O)C(=O)N(C)OC. The van der Waals surface area contributed by atoms with Gasteiger partial charge in [0, 0.05) is 7.05 Å². The predicted molar refractivity (Wildman–Crippen MR) is 58.9 cm³/mol. The van der Waals surface area contributed by atoms with E-state index in [9.17, 15) is 9.90 Å². The van der Waals surface area contributed by atoms with Crippen molar-refractivity contribution in [3.8, 4) is 0 Å². The van der Waals surface area contributed by atoms with E-state index in [0.29, 0.717) is 5.57 Å². The minimum absolute atomic E-state index is 0.504. The van der Waals surface area contributed by atoms with Gasteiger partial charge in [-0.25, -0.2) is 5.06 Å². The summed E-state index contributed by atoms with van der Waals surface area (Å²) in [6.07, 6.45) is 5.29. The van der Waals surface area contributed by atoms with Gasteiger partial charge in [0.1, 0.15) is 0 Å². The Hall–Kier alpha value is -1.39. The molecule has 0 radical (unpaired) electrons. The molecule has 1 N–H and O–H groups in total. The third kappa shape index (κ3) is 4.10. The van der Waals surface area contributed by atoms with Gasteiger partial charge in [0.05, 0.1) is 7.11 Å². The lowest BCUT2D eigenvalue weighted by Crippen LogP contribution is -2.36. The highest BCUT2D eigenvalue weighted by Gasteiger charge is 2.21. The zero-order valence-electron chi connectivity index (χ0n) is 9.30. The molecule has 15 heavy (non-hydrogen) atoms. The van der Waals surface area contributed by atoms with Crippen LogP contribution >= 0.6 is 0 Å². The minimum atomic E-state index is -1.21. The molecule has 1 amide bonds. The first kappa shape index (κ1) is 13.6. The van der Waals surface area contributed by atoms with Gasteiger partial charge in [-0.3, -0.25) is 9.63 Å². The molecular weight excluding hydrogens is 194 g/mol. The number of aliphatic hydroxyl groups is 1. The number of aliphatic hydroxyl groups excluding tert-OH is 1. The van der Waals surface area contributed by atoms with E-state index in [2.05, 4.69) is 11.4 Å². The van der Waals surface area contributed by atoms with Crippen LogP contribution in [-0.2, 0) is 9.63 Å². The summed E-state index contributed by atoms with van der Waals surface area (Å²) in [4.78, 5) is 16.2. The van der Waals surface area contributed by atoms with E-state index in [1.807, 2.05) is 0 Å². The average Bonchev–Trinajstić information content (AvgIpc) is 2.27. The first-order valence-electron chi connectivity index (χ1n) is 4.53. The number of hydrogen-bond acceptors (Lipinski definition) is 3. The maximum absolute atomic E-state index is 11.5. The molecule has 0 saturated carbocycles. The van der Waals surface area contributed by atoms with Crippen LogP contribution in [0, 0.1) is 0 Å². The molecule has 0 aromatic rings. The maximum atomic E-state index is 11.5. The van der Waals surface area contributed by atoms with E-state index in [0.717, 1.165) is 5.06 Å². The van der Waals surface area contributed by atoms with Crippen molar-refractivity contribution >= 4 is 5.91 Å². The number of likely N-dealkylation sites (N-methyl/N-ethyl adjacent to an activating group) is 1. The standard InChI is InChI=1S/C11H17NO3/c1-5-7-8-9(6-2)10(13)11(14)12(3)15-4/h5-8,10,13H,1H2,2-4H3/b8-7-,9-6+. The Bertz CT molecular complexity index is 282. The number of hydrogen-bond donors (Lipinski definition) is 1. The molecule has 0 heterocycles. The molecule has 0 rings (SSSR count). The van der Waals surface area contributed by atoms with Gasteiger partial charge in [0.2, 0.25) is 0 Å². The second-order valence-corrected chi connectivity index (χ2v) is 2.80. The Morgan fingerprint density at radius 1 is 1.60 bits per heavy atom. The Morgan fingerprint density at radius 2 is 2.20 bits per heavy atom. The van der Waals surface area contributed by atoms with Gasteiger partial charge in [-0.1, -0.05) is 30.9 Å². The molecule has 0 aromatic heterocycles. The van der Waals surface area contributed by atoms with E-state index < -0.39 is 12.0 Å². The topological polar surface area (TPSA) is 49.8 Å². The number of carbonyl (C=O) groups is 1. The number of allylic oxidation sites excluding steroid dienone is 3. The minimum Gasteiger partial charge on any atom is -0.378 e. The summed E-state index contributed by atoms with van der Waals surface area (Å²) in [5.74, 6) is -0.515. The molecule has 1 atom stereocenters. The van der Waals surface area contributed by atoms with Gasteiger partial charge in [0.25, 0.3) is 5.91 Å². The zero-order chi connectivity index (χ0) is 11.8. The number of carbonyl (C=O) groups excluding carboxylic acids is 1. The Balaban J connectivity index is 4.66. The summed E-state index contributed by atoms with van der Waals surface area (Å²) < 4.78 is 0. The summed E-state index contributed by atoms with van der Waals surface area (Å²) in [6, 6.07) is 0. The van der Waals surface area contributed by atoms with Gasteiger partial charge in [0.15, 0.2) is 6.10 Å². The lowest BCUT2D eigenvalue weighted by molar-refractivity contribution is -0.175. The van der Waals surface area contributed by atoms with Crippen LogP contribution in [0.1, 0.15) is 6.92 Å². The van der Waals surface area contributed by atoms with Crippen molar-refractivity contribution in [1.82, 2.24) is 5.06 Å². The van der Waals surface area contributed by atoms with Gasteiger partial charge in [-0.2, -0.15) is 0 Å². The van der Waals surface area contributed by atoms with Crippen LogP contribution in [0.3, 0.4) is 0 Å². The molecular formula is C11H17NO3. The largest absolute Gasteiger partial charge is 0.378 e. The quantitative estimate of drug-likeness (QED) is 0.546. The summed E-state index contributed by atoms with van der Waals surface area (Å²) in [5, 5.41) is 10.7. The normalized spacial score (nSPS) is 14.0. The highest BCUT2D eigenvalue weighted by Crippen LogP contribution is 2.07. The number of amides is 1. The third-order valence-electron chi connectivity index (χ3n) is 1.89. The van der Waals surface area contributed by atoms with Gasteiger partial charge < -0.3 is 5.11 Å². The fourth-order valence-corrected chi connectivity index (χ4v) is 0.929. The van der Waals surface area contributed by atoms with Crippen molar-refractivity contribution in [2.45, 2.75) is 13.0 Å².